The third-order valence-electron chi connectivity index (χ3n) is 4.93. The molecule has 0 aliphatic carbocycles. The van der Waals surface area contributed by atoms with Crippen molar-refractivity contribution in [2.75, 3.05) is 0 Å². The molecule has 5 rings (SSSR count). The normalized spacial score (nSPS) is 14.5. The standard InChI is InChI=1S/C20H15N5O3/c1-10-18(25-8-11(9-26)21-7-15(25)23-10)17-16(19(27)24-20(17)28)13-6-22-14-5-3-2-4-12(13)14/h2-8,22,26H,9H2,1H3,(H,24,27,28). The Morgan fingerprint density at radius 1 is 1.14 bits per heavy atom. The number of imide groups is 1. The summed E-state index contributed by atoms with van der Waals surface area (Å²) in [5.74, 6) is -0.923. The molecular formula is C20H15N5O3. The summed E-state index contributed by atoms with van der Waals surface area (Å²) in [5.41, 5.74) is 4.15. The van der Waals surface area contributed by atoms with Gasteiger partial charge in [0.1, 0.15) is 0 Å². The minimum absolute atomic E-state index is 0.244. The van der Waals surface area contributed by atoms with Gasteiger partial charge in [-0.05, 0) is 13.0 Å². The molecule has 0 saturated heterocycles. The number of hydrogen-bond acceptors (Lipinski definition) is 5. The Morgan fingerprint density at radius 3 is 2.75 bits per heavy atom. The topological polar surface area (TPSA) is 112 Å². The van der Waals surface area contributed by atoms with Gasteiger partial charge in [0.25, 0.3) is 11.8 Å². The van der Waals surface area contributed by atoms with E-state index in [-0.39, 0.29) is 12.2 Å². The van der Waals surface area contributed by atoms with Crippen LogP contribution in [0.4, 0.5) is 0 Å². The highest BCUT2D eigenvalue weighted by atomic mass is 16.3. The van der Waals surface area contributed by atoms with Crippen molar-refractivity contribution < 1.29 is 14.7 Å². The molecule has 1 aliphatic rings. The maximum absolute atomic E-state index is 12.8. The van der Waals surface area contributed by atoms with Gasteiger partial charge in [0.05, 0.1) is 41.0 Å². The van der Waals surface area contributed by atoms with Crippen molar-refractivity contribution in [1.29, 1.82) is 0 Å². The van der Waals surface area contributed by atoms with Gasteiger partial charge in [-0.15, -0.1) is 0 Å². The van der Waals surface area contributed by atoms with Crippen LogP contribution >= 0.6 is 0 Å². The van der Waals surface area contributed by atoms with Crippen molar-refractivity contribution in [3.05, 3.63) is 65.5 Å². The molecule has 1 aromatic carbocycles. The highest BCUT2D eigenvalue weighted by Crippen LogP contribution is 2.36. The zero-order chi connectivity index (χ0) is 19.4. The summed E-state index contributed by atoms with van der Waals surface area (Å²) >= 11 is 0. The van der Waals surface area contributed by atoms with E-state index in [0.29, 0.717) is 33.9 Å². The number of amides is 2. The van der Waals surface area contributed by atoms with Crippen LogP contribution in [-0.4, -0.2) is 36.3 Å². The molecule has 0 saturated carbocycles. The van der Waals surface area contributed by atoms with Crippen LogP contribution < -0.4 is 5.32 Å². The molecule has 1 aliphatic heterocycles. The number of hydrogen-bond donors (Lipinski definition) is 3. The van der Waals surface area contributed by atoms with Gasteiger partial charge in [-0.2, -0.15) is 0 Å². The average Bonchev–Trinajstić information content (AvgIpc) is 3.33. The highest BCUT2D eigenvalue weighted by molar-refractivity contribution is 6.50. The number of H-pyrrole nitrogens is 1. The Bertz CT molecular complexity index is 1330. The van der Waals surface area contributed by atoms with Crippen LogP contribution in [0.15, 0.2) is 42.9 Å². The maximum atomic E-state index is 12.8. The second kappa shape index (κ2) is 5.86. The second-order valence-electron chi connectivity index (χ2n) is 6.59. The lowest BCUT2D eigenvalue weighted by atomic mass is 9.98. The molecule has 3 N–H and O–H groups in total. The van der Waals surface area contributed by atoms with Gasteiger partial charge in [-0.3, -0.25) is 24.3 Å². The molecule has 0 spiro atoms. The van der Waals surface area contributed by atoms with Crippen LogP contribution in [0.2, 0.25) is 0 Å². The lowest BCUT2D eigenvalue weighted by molar-refractivity contribution is -0.122. The number of aromatic amines is 1. The Kier molecular flexibility index (Phi) is 3.43. The zero-order valence-corrected chi connectivity index (χ0v) is 14.9. The summed E-state index contributed by atoms with van der Waals surface area (Å²) in [6.07, 6.45) is 4.89. The number of imidazole rings is 1. The lowest BCUT2D eigenvalue weighted by Crippen LogP contribution is -2.23. The quantitative estimate of drug-likeness (QED) is 0.472. The first-order valence-electron chi connectivity index (χ1n) is 8.69. The molecule has 3 aromatic heterocycles. The predicted molar refractivity (Wildman–Crippen MR) is 102 cm³/mol. The Morgan fingerprint density at radius 2 is 1.93 bits per heavy atom. The van der Waals surface area contributed by atoms with Gasteiger partial charge in [-0.1, -0.05) is 18.2 Å². The Labute approximate surface area is 158 Å². The van der Waals surface area contributed by atoms with E-state index in [1.165, 1.54) is 6.20 Å². The molecule has 0 fully saturated rings. The van der Waals surface area contributed by atoms with Gasteiger partial charge in [0.15, 0.2) is 5.65 Å². The van der Waals surface area contributed by atoms with Crippen LogP contribution in [0, 0.1) is 6.92 Å². The van der Waals surface area contributed by atoms with Crippen LogP contribution in [0.3, 0.4) is 0 Å². The van der Waals surface area contributed by atoms with Gasteiger partial charge < -0.3 is 10.1 Å². The van der Waals surface area contributed by atoms with E-state index in [9.17, 15) is 14.7 Å². The highest BCUT2D eigenvalue weighted by Gasteiger charge is 2.36. The number of carbonyl (C=O) groups is 2. The average molecular weight is 373 g/mol. The van der Waals surface area contributed by atoms with Gasteiger partial charge in [-0.25, -0.2) is 4.98 Å². The molecular weight excluding hydrogens is 358 g/mol. The molecule has 0 radical (unpaired) electrons. The number of aryl methyl sites for hydroxylation is 1. The second-order valence-corrected chi connectivity index (χ2v) is 6.59. The van der Waals surface area contributed by atoms with Gasteiger partial charge >= 0.3 is 0 Å². The largest absolute Gasteiger partial charge is 0.390 e. The van der Waals surface area contributed by atoms with Crippen molar-refractivity contribution in [3.8, 4) is 0 Å². The number of aromatic nitrogens is 4. The number of nitrogens with zero attached hydrogens (tertiary/aromatic N) is 3. The van der Waals surface area contributed by atoms with Crippen LogP contribution in [0.5, 0.6) is 0 Å². The first-order valence-corrected chi connectivity index (χ1v) is 8.69. The van der Waals surface area contributed by atoms with Crippen molar-refractivity contribution >= 4 is 39.5 Å². The SMILES string of the molecule is Cc1nc2cnc(CO)cn2c1C1=C(c2c[nH]c3ccccc23)C(=O)NC1=O. The van der Waals surface area contributed by atoms with Gasteiger partial charge in [0.2, 0.25) is 0 Å². The molecule has 4 heterocycles. The van der Waals surface area contributed by atoms with E-state index in [0.717, 1.165) is 10.9 Å². The van der Waals surface area contributed by atoms with E-state index in [2.05, 4.69) is 20.3 Å². The molecule has 0 atom stereocenters. The monoisotopic (exact) mass is 373 g/mol. The third kappa shape index (κ3) is 2.21. The van der Waals surface area contributed by atoms with Crippen LogP contribution in [-0.2, 0) is 16.2 Å². The molecule has 0 bridgehead atoms. The maximum Gasteiger partial charge on any atom is 0.261 e. The molecule has 8 heteroatoms. The molecule has 0 unspecified atom stereocenters. The number of carbonyl (C=O) groups excluding carboxylic acids is 2. The van der Waals surface area contributed by atoms with Crippen molar-refractivity contribution in [1.82, 2.24) is 24.7 Å². The minimum atomic E-state index is -0.474. The number of para-hydroxylation sites is 1. The Balaban J connectivity index is 1.86. The van der Waals surface area contributed by atoms with Crippen molar-refractivity contribution in [2.45, 2.75) is 13.5 Å². The van der Waals surface area contributed by atoms with Crippen LogP contribution in [0.25, 0.3) is 27.7 Å². The van der Waals surface area contributed by atoms with E-state index < -0.39 is 11.8 Å². The fourth-order valence-electron chi connectivity index (χ4n) is 3.71. The number of fused-ring (bicyclic) bond motifs is 2. The predicted octanol–water partition coefficient (Wildman–Crippen LogP) is 1.58. The smallest absolute Gasteiger partial charge is 0.261 e. The molecule has 4 aromatic rings. The van der Waals surface area contributed by atoms with E-state index in [1.807, 2.05) is 24.3 Å². The van der Waals surface area contributed by atoms with Crippen LogP contribution in [0.1, 0.15) is 22.6 Å². The van der Waals surface area contributed by atoms with Crippen molar-refractivity contribution in [2.24, 2.45) is 0 Å². The first-order chi connectivity index (χ1) is 13.6. The molecule has 138 valence electrons. The van der Waals surface area contributed by atoms with Crippen molar-refractivity contribution in [3.63, 3.8) is 0 Å². The van der Waals surface area contributed by atoms with E-state index >= 15 is 0 Å². The Hall–Kier alpha value is -3.78. The summed E-state index contributed by atoms with van der Waals surface area (Å²) in [5, 5.41) is 12.7. The number of rotatable bonds is 3. The minimum Gasteiger partial charge on any atom is -0.390 e. The summed E-state index contributed by atoms with van der Waals surface area (Å²) in [4.78, 5) is 37.2. The summed E-state index contributed by atoms with van der Waals surface area (Å²) in [6, 6.07) is 7.59. The molecule has 8 nitrogen and oxygen atoms in total. The van der Waals surface area contributed by atoms with Gasteiger partial charge in [0, 0.05) is 28.9 Å². The molecule has 28 heavy (non-hydrogen) atoms. The van der Waals surface area contributed by atoms with E-state index in [4.69, 9.17) is 0 Å². The lowest BCUT2D eigenvalue weighted by Gasteiger charge is -2.06. The molecule has 2 amide bonds. The zero-order valence-electron chi connectivity index (χ0n) is 14.9. The third-order valence-corrected chi connectivity index (χ3v) is 4.93. The number of benzene rings is 1. The fraction of sp³-hybridized carbons (Fsp3) is 0.100. The first kappa shape index (κ1) is 16.4. The summed E-state index contributed by atoms with van der Waals surface area (Å²) < 4.78 is 1.69. The number of aliphatic hydroxyl groups excluding tert-OH is 1. The number of aliphatic hydroxyl groups is 1. The fourth-order valence-corrected chi connectivity index (χ4v) is 3.71. The van der Waals surface area contributed by atoms with E-state index in [1.54, 1.807) is 23.7 Å². The summed E-state index contributed by atoms with van der Waals surface area (Å²) in [7, 11) is 0. The summed E-state index contributed by atoms with van der Waals surface area (Å²) in [6.45, 7) is 1.53. The number of nitrogens with one attached hydrogen (secondary N) is 2.